The first-order valence-corrected chi connectivity index (χ1v) is 5.94. The lowest BCUT2D eigenvalue weighted by atomic mass is 10.2. The average Bonchev–Trinajstić information content (AvgIpc) is 2.87. The molecule has 18 heavy (non-hydrogen) atoms. The van der Waals surface area contributed by atoms with E-state index in [2.05, 4.69) is 0 Å². The molecular weight excluding hydrogens is 250 g/mol. The molecule has 1 aromatic carbocycles. The van der Waals surface area contributed by atoms with Crippen molar-refractivity contribution in [3.05, 3.63) is 40.1 Å². The normalized spacial score (nSPS) is 9.56. The first kappa shape index (κ1) is 12.1. The summed E-state index contributed by atoms with van der Waals surface area (Å²) in [5.74, 6) is 1.56. The number of nitriles is 1. The fraction of sp³-hybridized carbons (Fsp3) is 0.0769. The average molecular weight is 259 g/mol. The van der Waals surface area contributed by atoms with Gasteiger partial charge in [0, 0.05) is 17.5 Å². The highest BCUT2D eigenvalue weighted by Crippen LogP contribution is 2.33. The van der Waals surface area contributed by atoms with Gasteiger partial charge >= 0.3 is 0 Å². The van der Waals surface area contributed by atoms with Crippen molar-refractivity contribution >= 4 is 17.6 Å². The monoisotopic (exact) mass is 259 g/mol. The summed E-state index contributed by atoms with van der Waals surface area (Å²) < 4.78 is 10.8. The fourth-order valence-corrected chi connectivity index (χ4v) is 2.01. The number of carbonyl (C=O) groups excluding carboxylic acids is 1. The lowest BCUT2D eigenvalue weighted by molar-refractivity contribution is 0.112. The number of hydrogen-bond acceptors (Lipinski definition) is 5. The number of ether oxygens (including phenoxy) is 2. The quantitative estimate of drug-likeness (QED) is 0.791. The van der Waals surface area contributed by atoms with Crippen molar-refractivity contribution in [1.82, 2.24) is 0 Å². The maximum Gasteiger partial charge on any atom is 0.169 e. The van der Waals surface area contributed by atoms with Gasteiger partial charge in [0.15, 0.2) is 17.8 Å². The van der Waals surface area contributed by atoms with Crippen LogP contribution in [0.25, 0.3) is 0 Å². The largest absolute Gasteiger partial charge is 0.493 e. The Labute approximate surface area is 108 Å². The van der Waals surface area contributed by atoms with Crippen LogP contribution in [0.15, 0.2) is 29.6 Å². The highest BCUT2D eigenvalue weighted by Gasteiger charge is 2.08. The molecule has 0 amide bonds. The molecule has 0 aliphatic rings. The Bertz CT molecular complexity index is 613. The molecule has 0 saturated carbocycles. The van der Waals surface area contributed by atoms with Crippen LogP contribution in [-0.4, -0.2) is 13.4 Å². The minimum atomic E-state index is 0.480. The molecule has 1 aromatic heterocycles. The maximum absolute atomic E-state index is 10.6. The molecule has 0 spiro atoms. The number of nitrogens with zero attached hydrogens (tertiary/aromatic N) is 1. The van der Waals surface area contributed by atoms with Gasteiger partial charge in [0.1, 0.15) is 5.75 Å². The summed E-state index contributed by atoms with van der Waals surface area (Å²) in [5.41, 5.74) is 0.498. The number of carbonyl (C=O) groups is 1. The van der Waals surface area contributed by atoms with Gasteiger partial charge in [0.25, 0.3) is 0 Å². The third-order valence-electron chi connectivity index (χ3n) is 2.23. The topological polar surface area (TPSA) is 59.3 Å². The minimum absolute atomic E-state index is 0.480. The first-order chi connectivity index (χ1) is 8.76. The molecule has 90 valence electrons. The number of thiophene rings is 1. The fourth-order valence-electron chi connectivity index (χ4n) is 1.40. The van der Waals surface area contributed by atoms with E-state index in [9.17, 15) is 4.79 Å². The van der Waals surface area contributed by atoms with Gasteiger partial charge in [-0.05, 0) is 12.1 Å². The van der Waals surface area contributed by atoms with Crippen LogP contribution in [0, 0.1) is 11.3 Å². The summed E-state index contributed by atoms with van der Waals surface area (Å²) >= 11 is 1.30. The summed E-state index contributed by atoms with van der Waals surface area (Å²) in [7, 11) is 1.51. The molecule has 0 saturated heterocycles. The van der Waals surface area contributed by atoms with Gasteiger partial charge in [0.05, 0.1) is 23.6 Å². The molecule has 0 aliphatic heterocycles. The predicted molar refractivity (Wildman–Crippen MR) is 67.5 cm³/mol. The Morgan fingerprint density at radius 2 is 2.17 bits per heavy atom. The summed E-state index contributed by atoms with van der Waals surface area (Å²) in [6, 6.07) is 8.58. The van der Waals surface area contributed by atoms with Crippen molar-refractivity contribution in [3.8, 4) is 23.3 Å². The SMILES string of the molecule is COc1cc(C#N)ccc1Oc1csc(C=O)c1. The smallest absolute Gasteiger partial charge is 0.169 e. The number of hydrogen-bond donors (Lipinski definition) is 0. The maximum atomic E-state index is 10.6. The predicted octanol–water partition coefficient (Wildman–Crippen LogP) is 3.23. The summed E-state index contributed by atoms with van der Waals surface area (Å²) in [5, 5.41) is 10.5. The van der Waals surface area contributed by atoms with Crippen LogP contribution in [-0.2, 0) is 0 Å². The molecule has 4 nitrogen and oxygen atoms in total. The number of methoxy groups -OCH3 is 1. The van der Waals surface area contributed by atoms with E-state index in [0.29, 0.717) is 27.7 Å². The lowest BCUT2D eigenvalue weighted by Gasteiger charge is -2.08. The van der Waals surface area contributed by atoms with Crippen molar-refractivity contribution in [1.29, 1.82) is 5.26 Å². The van der Waals surface area contributed by atoms with E-state index in [1.807, 2.05) is 6.07 Å². The highest BCUT2D eigenvalue weighted by atomic mass is 32.1. The second-order valence-corrected chi connectivity index (χ2v) is 4.32. The van der Waals surface area contributed by atoms with Gasteiger partial charge in [-0.15, -0.1) is 11.3 Å². The Balaban J connectivity index is 2.28. The van der Waals surface area contributed by atoms with Crippen molar-refractivity contribution < 1.29 is 14.3 Å². The van der Waals surface area contributed by atoms with Gasteiger partial charge in [-0.3, -0.25) is 4.79 Å². The van der Waals surface area contributed by atoms with Gasteiger partial charge in [0.2, 0.25) is 0 Å². The van der Waals surface area contributed by atoms with E-state index in [-0.39, 0.29) is 0 Å². The van der Waals surface area contributed by atoms with E-state index in [1.54, 1.807) is 29.6 Å². The van der Waals surface area contributed by atoms with Crippen molar-refractivity contribution in [3.63, 3.8) is 0 Å². The lowest BCUT2D eigenvalue weighted by Crippen LogP contribution is -1.90. The van der Waals surface area contributed by atoms with Crippen LogP contribution in [0.1, 0.15) is 15.2 Å². The molecule has 2 rings (SSSR count). The van der Waals surface area contributed by atoms with Gasteiger partial charge in [-0.1, -0.05) is 0 Å². The minimum Gasteiger partial charge on any atom is -0.493 e. The van der Waals surface area contributed by atoms with Gasteiger partial charge in [-0.25, -0.2) is 0 Å². The molecule has 0 unspecified atom stereocenters. The molecule has 2 aromatic rings. The van der Waals surface area contributed by atoms with Crippen LogP contribution < -0.4 is 9.47 Å². The summed E-state index contributed by atoms with van der Waals surface area (Å²) in [6.07, 6.45) is 0.771. The molecule has 0 aliphatic carbocycles. The van der Waals surface area contributed by atoms with Crippen LogP contribution in [0.3, 0.4) is 0 Å². The summed E-state index contributed by atoms with van der Waals surface area (Å²) in [4.78, 5) is 11.2. The summed E-state index contributed by atoms with van der Waals surface area (Å²) in [6.45, 7) is 0. The Morgan fingerprint density at radius 3 is 2.78 bits per heavy atom. The molecule has 0 fully saturated rings. The van der Waals surface area contributed by atoms with E-state index >= 15 is 0 Å². The third-order valence-corrected chi connectivity index (χ3v) is 3.07. The molecule has 1 heterocycles. The van der Waals surface area contributed by atoms with Crippen LogP contribution in [0.5, 0.6) is 17.2 Å². The van der Waals surface area contributed by atoms with Crippen LogP contribution >= 0.6 is 11.3 Å². The van der Waals surface area contributed by atoms with E-state index in [1.165, 1.54) is 18.4 Å². The second kappa shape index (κ2) is 5.34. The third kappa shape index (κ3) is 2.50. The first-order valence-electron chi connectivity index (χ1n) is 5.06. The van der Waals surface area contributed by atoms with Gasteiger partial charge in [-0.2, -0.15) is 5.26 Å². The molecular formula is C13H9NO3S. The van der Waals surface area contributed by atoms with Crippen molar-refractivity contribution in [2.45, 2.75) is 0 Å². The highest BCUT2D eigenvalue weighted by molar-refractivity contribution is 7.11. The van der Waals surface area contributed by atoms with E-state index < -0.39 is 0 Å². The Hall–Kier alpha value is -2.32. The standard InChI is InChI=1S/C13H9NO3S/c1-16-13-4-9(6-14)2-3-12(13)17-10-5-11(7-15)18-8-10/h2-5,7-8H,1H3. The zero-order valence-corrected chi connectivity index (χ0v) is 10.4. The number of rotatable bonds is 4. The van der Waals surface area contributed by atoms with Crippen molar-refractivity contribution in [2.75, 3.05) is 7.11 Å². The molecule has 5 heteroatoms. The van der Waals surface area contributed by atoms with Crippen LogP contribution in [0.2, 0.25) is 0 Å². The Kier molecular flexibility index (Phi) is 3.60. The Morgan fingerprint density at radius 1 is 1.33 bits per heavy atom. The zero-order valence-electron chi connectivity index (χ0n) is 9.54. The van der Waals surface area contributed by atoms with Crippen LogP contribution in [0.4, 0.5) is 0 Å². The molecule has 0 N–H and O–H groups in total. The van der Waals surface area contributed by atoms with Crippen molar-refractivity contribution in [2.24, 2.45) is 0 Å². The molecule has 0 atom stereocenters. The molecule has 0 bridgehead atoms. The molecule has 0 radical (unpaired) electrons. The van der Waals surface area contributed by atoms with E-state index in [4.69, 9.17) is 14.7 Å². The number of benzene rings is 1. The van der Waals surface area contributed by atoms with Gasteiger partial charge < -0.3 is 9.47 Å². The number of aldehydes is 1. The second-order valence-electron chi connectivity index (χ2n) is 3.38. The zero-order chi connectivity index (χ0) is 13.0. The van der Waals surface area contributed by atoms with E-state index in [0.717, 1.165) is 6.29 Å².